The molecular formula is C24H31NO5S. The molecule has 1 saturated heterocycles. The van der Waals surface area contributed by atoms with Crippen LogP contribution in [-0.4, -0.2) is 34.5 Å². The molecule has 0 aliphatic carbocycles. The van der Waals surface area contributed by atoms with Crippen molar-refractivity contribution >= 4 is 17.7 Å². The molecule has 0 spiro atoms. The second kappa shape index (κ2) is 9.59. The molecule has 6 nitrogen and oxygen atoms in total. The Morgan fingerprint density at radius 3 is 2.35 bits per heavy atom. The highest BCUT2D eigenvalue weighted by molar-refractivity contribution is 7.99. The van der Waals surface area contributed by atoms with Gasteiger partial charge in [-0.2, -0.15) is 0 Å². The molecule has 168 valence electrons. The van der Waals surface area contributed by atoms with Crippen LogP contribution in [0.25, 0.3) is 0 Å². The number of aliphatic carboxylic acids is 1. The van der Waals surface area contributed by atoms with Crippen LogP contribution in [0.3, 0.4) is 0 Å². The SMILES string of the molecule is Cc1c(C(OC(C)(C)C)C(=O)O)n(C2CCOCC2)c(C)c(Sc2ccccc2)c1=O. The van der Waals surface area contributed by atoms with Crippen molar-refractivity contribution in [1.82, 2.24) is 4.57 Å². The van der Waals surface area contributed by atoms with Gasteiger partial charge in [-0.15, -0.1) is 0 Å². The highest BCUT2D eigenvalue weighted by Gasteiger charge is 2.35. The molecule has 1 aliphatic heterocycles. The largest absolute Gasteiger partial charge is 0.479 e. The van der Waals surface area contributed by atoms with E-state index in [4.69, 9.17) is 9.47 Å². The van der Waals surface area contributed by atoms with E-state index < -0.39 is 17.7 Å². The monoisotopic (exact) mass is 445 g/mol. The fraction of sp³-hybridized carbons (Fsp3) is 0.500. The second-order valence-electron chi connectivity index (χ2n) is 8.83. The summed E-state index contributed by atoms with van der Waals surface area (Å²) in [7, 11) is 0. The summed E-state index contributed by atoms with van der Waals surface area (Å²) in [5, 5.41) is 10.1. The van der Waals surface area contributed by atoms with E-state index in [0.29, 0.717) is 29.4 Å². The van der Waals surface area contributed by atoms with Crippen LogP contribution in [0, 0.1) is 13.8 Å². The van der Waals surface area contributed by atoms with E-state index in [0.717, 1.165) is 23.4 Å². The summed E-state index contributed by atoms with van der Waals surface area (Å²) in [6.07, 6.45) is 0.283. The highest BCUT2D eigenvalue weighted by atomic mass is 32.2. The van der Waals surface area contributed by atoms with Crippen molar-refractivity contribution in [2.45, 2.75) is 75.0 Å². The van der Waals surface area contributed by atoms with Crippen LogP contribution in [-0.2, 0) is 14.3 Å². The lowest BCUT2D eigenvalue weighted by Crippen LogP contribution is -2.35. The van der Waals surface area contributed by atoms with Crippen LogP contribution in [0.4, 0.5) is 0 Å². The predicted molar refractivity (Wildman–Crippen MR) is 121 cm³/mol. The van der Waals surface area contributed by atoms with Crippen molar-refractivity contribution in [3.8, 4) is 0 Å². The van der Waals surface area contributed by atoms with Crippen molar-refractivity contribution in [3.63, 3.8) is 0 Å². The molecular weight excluding hydrogens is 414 g/mol. The van der Waals surface area contributed by atoms with Gasteiger partial charge in [-0.3, -0.25) is 4.79 Å². The van der Waals surface area contributed by atoms with Crippen LogP contribution in [0.5, 0.6) is 0 Å². The summed E-state index contributed by atoms with van der Waals surface area (Å²) >= 11 is 1.42. The lowest BCUT2D eigenvalue weighted by atomic mass is 10.0. The Kier molecular flexibility index (Phi) is 7.29. The van der Waals surface area contributed by atoms with Crippen LogP contribution >= 0.6 is 11.8 Å². The highest BCUT2D eigenvalue weighted by Crippen LogP contribution is 2.36. The predicted octanol–water partition coefficient (Wildman–Crippen LogP) is 4.91. The van der Waals surface area contributed by atoms with E-state index in [9.17, 15) is 14.7 Å². The molecule has 31 heavy (non-hydrogen) atoms. The first-order chi connectivity index (χ1) is 14.6. The topological polar surface area (TPSA) is 77.8 Å². The molecule has 0 radical (unpaired) electrons. The second-order valence-corrected chi connectivity index (χ2v) is 9.91. The van der Waals surface area contributed by atoms with Gasteiger partial charge in [0.15, 0.2) is 11.5 Å². The maximum Gasteiger partial charge on any atom is 0.339 e. The number of carboxylic acids is 1. The van der Waals surface area contributed by atoms with E-state index in [1.54, 1.807) is 6.92 Å². The summed E-state index contributed by atoms with van der Waals surface area (Å²) in [5.74, 6) is -1.10. The molecule has 2 aromatic rings. The maximum absolute atomic E-state index is 13.4. The van der Waals surface area contributed by atoms with Gasteiger partial charge in [0.2, 0.25) is 0 Å². The third kappa shape index (κ3) is 5.40. The molecule has 1 aromatic carbocycles. The standard InChI is InChI=1S/C24H31NO5S/c1-15-19(21(23(27)28)30-24(3,4)5)25(17-11-13-29-14-12-17)16(2)22(20(15)26)31-18-9-7-6-8-10-18/h6-10,17,21H,11-14H2,1-5H3,(H,27,28). The Bertz CT molecular complexity index is 988. The fourth-order valence-corrected chi connectivity index (χ4v) is 4.98. The first-order valence-corrected chi connectivity index (χ1v) is 11.4. The van der Waals surface area contributed by atoms with Crippen LogP contribution in [0.15, 0.2) is 44.9 Å². The molecule has 2 heterocycles. The van der Waals surface area contributed by atoms with E-state index in [1.165, 1.54) is 11.8 Å². The third-order valence-corrected chi connectivity index (χ3v) is 6.54. The average molecular weight is 446 g/mol. The van der Waals surface area contributed by atoms with Gasteiger partial charge in [0.05, 0.1) is 16.2 Å². The molecule has 7 heteroatoms. The number of aromatic nitrogens is 1. The molecule has 1 aliphatic rings. The van der Waals surface area contributed by atoms with Gasteiger partial charge in [0.25, 0.3) is 0 Å². The average Bonchev–Trinajstić information content (AvgIpc) is 2.73. The molecule has 0 bridgehead atoms. The minimum Gasteiger partial charge on any atom is -0.479 e. The molecule has 1 N–H and O–H groups in total. The fourth-order valence-electron chi connectivity index (χ4n) is 3.96. The lowest BCUT2D eigenvalue weighted by molar-refractivity contribution is -0.161. The van der Waals surface area contributed by atoms with Crippen LogP contribution in [0.2, 0.25) is 0 Å². The molecule has 1 unspecified atom stereocenters. The number of nitrogens with zero attached hydrogens (tertiary/aromatic N) is 1. The number of hydrogen-bond donors (Lipinski definition) is 1. The van der Waals surface area contributed by atoms with Crippen LogP contribution < -0.4 is 5.43 Å². The molecule has 0 saturated carbocycles. The molecule has 1 fully saturated rings. The zero-order valence-corrected chi connectivity index (χ0v) is 19.6. The first-order valence-electron chi connectivity index (χ1n) is 10.6. The van der Waals surface area contributed by atoms with Crippen molar-refractivity contribution in [2.24, 2.45) is 0 Å². The van der Waals surface area contributed by atoms with Gasteiger partial charge >= 0.3 is 5.97 Å². The summed E-state index contributed by atoms with van der Waals surface area (Å²) in [4.78, 5) is 27.3. The van der Waals surface area contributed by atoms with Gasteiger partial charge < -0.3 is 19.1 Å². The number of pyridine rings is 1. The lowest BCUT2D eigenvalue weighted by Gasteiger charge is -2.34. The van der Waals surface area contributed by atoms with Gasteiger partial charge in [0, 0.05) is 35.4 Å². The number of carboxylic acid groups (broad SMARTS) is 1. The number of rotatable bonds is 6. The normalized spacial score (nSPS) is 16.3. The van der Waals surface area contributed by atoms with Crippen molar-refractivity contribution in [2.75, 3.05) is 13.2 Å². The number of carbonyl (C=O) groups is 1. The minimum absolute atomic E-state index is 0.0450. The minimum atomic E-state index is -1.23. The van der Waals surface area contributed by atoms with Crippen molar-refractivity contribution in [1.29, 1.82) is 0 Å². The Hall–Kier alpha value is -2.09. The van der Waals surface area contributed by atoms with E-state index in [-0.39, 0.29) is 11.5 Å². The Balaban J connectivity index is 2.23. The number of ether oxygens (including phenoxy) is 2. The summed E-state index contributed by atoms with van der Waals surface area (Å²) in [6, 6.07) is 9.79. The Morgan fingerprint density at radius 2 is 1.81 bits per heavy atom. The summed E-state index contributed by atoms with van der Waals surface area (Å²) in [5.41, 5.74) is 0.808. The third-order valence-electron chi connectivity index (χ3n) is 5.34. The number of hydrogen-bond acceptors (Lipinski definition) is 5. The molecule has 3 rings (SSSR count). The van der Waals surface area contributed by atoms with Gasteiger partial charge in [-0.05, 0) is 59.6 Å². The molecule has 1 atom stereocenters. The van der Waals surface area contributed by atoms with Gasteiger partial charge in [-0.1, -0.05) is 30.0 Å². The quantitative estimate of drug-likeness (QED) is 0.681. The maximum atomic E-state index is 13.4. The van der Waals surface area contributed by atoms with E-state index >= 15 is 0 Å². The van der Waals surface area contributed by atoms with Crippen molar-refractivity contribution < 1.29 is 19.4 Å². The van der Waals surface area contributed by atoms with Gasteiger partial charge in [0.1, 0.15) is 0 Å². The van der Waals surface area contributed by atoms with Crippen LogP contribution in [0.1, 0.15) is 62.7 Å². The zero-order chi connectivity index (χ0) is 22.8. The zero-order valence-electron chi connectivity index (χ0n) is 18.8. The summed E-state index contributed by atoms with van der Waals surface area (Å²) in [6.45, 7) is 10.3. The molecule has 1 aromatic heterocycles. The van der Waals surface area contributed by atoms with Crippen molar-refractivity contribution in [3.05, 3.63) is 57.5 Å². The number of benzene rings is 1. The van der Waals surface area contributed by atoms with E-state index in [2.05, 4.69) is 0 Å². The molecule has 0 amide bonds. The Labute approximate surface area is 187 Å². The Morgan fingerprint density at radius 1 is 1.19 bits per heavy atom. The van der Waals surface area contributed by atoms with E-state index in [1.807, 2.05) is 62.6 Å². The van der Waals surface area contributed by atoms with Gasteiger partial charge in [-0.25, -0.2) is 4.79 Å². The summed E-state index contributed by atoms with van der Waals surface area (Å²) < 4.78 is 13.5. The first kappa shape index (κ1) is 23.6. The smallest absolute Gasteiger partial charge is 0.339 e.